The summed E-state index contributed by atoms with van der Waals surface area (Å²) >= 11 is 12.2. The van der Waals surface area contributed by atoms with Crippen molar-refractivity contribution in [3.05, 3.63) is 69.7 Å². The number of amides is 1. The molecule has 0 aliphatic heterocycles. The van der Waals surface area contributed by atoms with E-state index in [0.717, 1.165) is 5.56 Å². The maximum absolute atomic E-state index is 12.0. The highest BCUT2D eigenvalue weighted by Gasteiger charge is 2.23. The van der Waals surface area contributed by atoms with Crippen LogP contribution < -0.4 is 5.32 Å². The molecule has 0 fully saturated rings. The highest BCUT2D eigenvalue weighted by Crippen LogP contribution is 2.32. The normalized spacial score (nSPS) is 11.6. The van der Waals surface area contributed by atoms with Gasteiger partial charge in [-0.3, -0.25) is 4.79 Å². The van der Waals surface area contributed by atoms with Crippen LogP contribution in [0.1, 0.15) is 23.6 Å². The van der Waals surface area contributed by atoms with Crippen LogP contribution in [-0.4, -0.2) is 17.2 Å². The Hall–Kier alpha value is -2.24. The molecule has 2 N–H and O–H groups in total. The van der Waals surface area contributed by atoms with E-state index in [2.05, 4.69) is 5.32 Å². The van der Waals surface area contributed by atoms with E-state index >= 15 is 0 Å². The van der Waals surface area contributed by atoms with Gasteiger partial charge in [0.25, 0.3) is 0 Å². The van der Waals surface area contributed by atoms with Crippen molar-refractivity contribution in [2.24, 2.45) is 0 Å². The van der Waals surface area contributed by atoms with Crippen LogP contribution in [0.25, 0.3) is 0 Å². The summed E-state index contributed by atoms with van der Waals surface area (Å²) in [6.45, 7) is 0.0721. The zero-order valence-electron chi connectivity index (χ0n) is 12.5. The van der Waals surface area contributed by atoms with E-state index in [1.165, 1.54) is 0 Å². The molecule has 0 spiro atoms. The van der Waals surface area contributed by atoms with Crippen molar-refractivity contribution >= 4 is 35.3 Å². The third-order valence-electron chi connectivity index (χ3n) is 3.23. The zero-order valence-corrected chi connectivity index (χ0v) is 14.1. The molecule has 1 amide bonds. The van der Waals surface area contributed by atoms with Gasteiger partial charge in [0.1, 0.15) is 6.61 Å². The molecule has 0 saturated carbocycles. The Morgan fingerprint density at radius 2 is 1.67 bits per heavy atom. The molecule has 0 saturated heterocycles. The van der Waals surface area contributed by atoms with Crippen molar-refractivity contribution in [1.29, 1.82) is 0 Å². The Morgan fingerprint density at radius 3 is 2.25 bits per heavy atom. The van der Waals surface area contributed by atoms with E-state index in [-0.39, 0.29) is 23.1 Å². The second-order valence-corrected chi connectivity index (χ2v) is 5.81. The number of hydrogen-bond donors (Lipinski definition) is 2. The molecule has 0 radical (unpaired) electrons. The van der Waals surface area contributed by atoms with Crippen LogP contribution in [-0.2, 0) is 16.1 Å². The lowest BCUT2D eigenvalue weighted by Crippen LogP contribution is -2.31. The summed E-state index contributed by atoms with van der Waals surface area (Å²) < 4.78 is 5.11. The summed E-state index contributed by atoms with van der Waals surface area (Å²) in [5.74, 6) is -1.10. The minimum Gasteiger partial charge on any atom is -0.481 e. The Labute approximate surface area is 149 Å². The lowest BCUT2D eigenvalue weighted by molar-refractivity contribution is -0.137. The molecule has 7 heteroatoms. The lowest BCUT2D eigenvalue weighted by Gasteiger charge is -2.19. The Kier molecular flexibility index (Phi) is 6.46. The van der Waals surface area contributed by atoms with Gasteiger partial charge in [-0.15, -0.1) is 0 Å². The second kappa shape index (κ2) is 8.57. The lowest BCUT2D eigenvalue weighted by atomic mass is 10.0. The van der Waals surface area contributed by atoms with Crippen molar-refractivity contribution in [2.75, 3.05) is 0 Å². The molecule has 0 aromatic heterocycles. The summed E-state index contributed by atoms with van der Waals surface area (Å²) in [5.41, 5.74) is 1.16. The first kappa shape index (κ1) is 18.1. The predicted octanol–water partition coefficient (Wildman–Crippen LogP) is 4.44. The predicted molar refractivity (Wildman–Crippen MR) is 91.2 cm³/mol. The summed E-state index contributed by atoms with van der Waals surface area (Å²) in [5, 5.41) is 12.1. The molecular formula is C17H15Cl2NO4. The van der Waals surface area contributed by atoms with Crippen LogP contribution >= 0.6 is 23.2 Å². The number of carbonyl (C=O) groups is 2. The van der Waals surface area contributed by atoms with E-state index < -0.39 is 18.1 Å². The van der Waals surface area contributed by atoms with Gasteiger partial charge in [0.15, 0.2) is 0 Å². The molecule has 2 rings (SSSR count). The number of ether oxygens (including phenoxy) is 1. The van der Waals surface area contributed by atoms with E-state index in [1.807, 2.05) is 30.3 Å². The van der Waals surface area contributed by atoms with Crippen LogP contribution in [0.3, 0.4) is 0 Å². The molecule has 2 aromatic carbocycles. The van der Waals surface area contributed by atoms with Gasteiger partial charge in [-0.25, -0.2) is 4.79 Å². The van der Waals surface area contributed by atoms with Gasteiger partial charge in [0.05, 0.1) is 12.5 Å². The second-order valence-electron chi connectivity index (χ2n) is 4.99. The summed E-state index contributed by atoms with van der Waals surface area (Å²) in [4.78, 5) is 23.1. The van der Waals surface area contributed by atoms with Gasteiger partial charge in [0, 0.05) is 15.6 Å². The van der Waals surface area contributed by atoms with E-state index in [9.17, 15) is 9.59 Å². The van der Waals surface area contributed by atoms with Crippen molar-refractivity contribution in [3.63, 3.8) is 0 Å². The third kappa shape index (κ3) is 5.15. The van der Waals surface area contributed by atoms with Crippen LogP contribution in [0.4, 0.5) is 4.79 Å². The first-order valence-electron chi connectivity index (χ1n) is 7.10. The molecular weight excluding hydrogens is 353 g/mol. The van der Waals surface area contributed by atoms with Crippen molar-refractivity contribution in [2.45, 2.75) is 19.1 Å². The molecule has 0 heterocycles. The minimum atomic E-state index is -1.10. The Morgan fingerprint density at radius 1 is 1.04 bits per heavy atom. The van der Waals surface area contributed by atoms with Crippen LogP contribution in [0.5, 0.6) is 0 Å². The standard InChI is InChI=1S/C17H15Cl2NO4/c18-12-7-4-8-13(19)16(12)14(9-15(21)22)20-17(23)24-10-11-5-2-1-3-6-11/h1-8,14H,9-10H2,(H,20,23)(H,21,22)/t14-/m0/s1. The zero-order chi connectivity index (χ0) is 17.5. The summed E-state index contributed by atoms with van der Waals surface area (Å²) in [7, 11) is 0. The highest BCUT2D eigenvalue weighted by molar-refractivity contribution is 6.36. The maximum atomic E-state index is 12.0. The Balaban J connectivity index is 2.08. The smallest absolute Gasteiger partial charge is 0.407 e. The summed E-state index contributed by atoms with van der Waals surface area (Å²) in [6.07, 6.45) is -1.12. The highest BCUT2D eigenvalue weighted by atomic mass is 35.5. The third-order valence-corrected chi connectivity index (χ3v) is 3.89. The average Bonchev–Trinajstić information content (AvgIpc) is 2.53. The van der Waals surface area contributed by atoms with Crippen LogP contribution in [0.2, 0.25) is 10.0 Å². The molecule has 2 aromatic rings. The number of carboxylic acids is 1. The number of carboxylic acid groups (broad SMARTS) is 1. The Bertz CT molecular complexity index is 702. The van der Waals surface area contributed by atoms with Crippen molar-refractivity contribution < 1.29 is 19.4 Å². The first-order chi connectivity index (χ1) is 11.5. The molecule has 0 aliphatic rings. The van der Waals surface area contributed by atoms with E-state index in [0.29, 0.717) is 5.56 Å². The number of carbonyl (C=O) groups excluding carboxylic acids is 1. The first-order valence-corrected chi connectivity index (χ1v) is 7.86. The van der Waals surface area contributed by atoms with Crippen LogP contribution in [0.15, 0.2) is 48.5 Å². The SMILES string of the molecule is O=C(O)C[C@H](NC(=O)OCc1ccccc1)c1c(Cl)cccc1Cl. The molecule has 5 nitrogen and oxygen atoms in total. The number of aliphatic carboxylic acids is 1. The number of alkyl carbamates (subject to hydrolysis) is 1. The molecule has 126 valence electrons. The van der Waals surface area contributed by atoms with E-state index in [4.69, 9.17) is 33.0 Å². The molecule has 0 aliphatic carbocycles. The number of halogens is 2. The maximum Gasteiger partial charge on any atom is 0.407 e. The van der Waals surface area contributed by atoms with Gasteiger partial charge >= 0.3 is 12.1 Å². The topological polar surface area (TPSA) is 75.6 Å². The van der Waals surface area contributed by atoms with Gasteiger partial charge in [-0.05, 0) is 17.7 Å². The fraction of sp³-hybridized carbons (Fsp3) is 0.176. The number of benzene rings is 2. The monoisotopic (exact) mass is 367 g/mol. The van der Waals surface area contributed by atoms with Gasteiger partial charge in [-0.2, -0.15) is 0 Å². The number of rotatable bonds is 6. The minimum absolute atomic E-state index is 0.0721. The quantitative estimate of drug-likeness (QED) is 0.791. The van der Waals surface area contributed by atoms with Crippen molar-refractivity contribution in [3.8, 4) is 0 Å². The molecule has 0 bridgehead atoms. The molecule has 1 atom stereocenters. The van der Waals surface area contributed by atoms with Gasteiger partial charge in [-0.1, -0.05) is 59.6 Å². The largest absolute Gasteiger partial charge is 0.481 e. The van der Waals surface area contributed by atoms with E-state index in [1.54, 1.807) is 18.2 Å². The average molecular weight is 368 g/mol. The number of nitrogens with one attached hydrogen (secondary N) is 1. The number of hydrogen-bond acceptors (Lipinski definition) is 3. The van der Waals surface area contributed by atoms with Gasteiger partial charge in [0.2, 0.25) is 0 Å². The summed E-state index contributed by atoms with van der Waals surface area (Å²) in [6, 6.07) is 13.0. The fourth-order valence-electron chi connectivity index (χ4n) is 2.15. The van der Waals surface area contributed by atoms with Crippen LogP contribution in [0, 0.1) is 0 Å². The molecule has 0 unspecified atom stereocenters. The van der Waals surface area contributed by atoms with Crippen molar-refractivity contribution in [1.82, 2.24) is 5.32 Å². The fourth-order valence-corrected chi connectivity index (χ4v) is 2.81. The molecule has 24 heavy (non-hydrogen) atoms. The van der Waals surface area contributed by atoms with Gasteiger partial charge < -0.3 is 15.2 Å².